The number of ether oxygens (including phenoxy) is 6. The summed E-state index contributed by atoms with van der Waals surface area (Å²) >= 11 is 0. The molecule has 8 heteroatoms. The lowest BCUT2D eigenvalue weighted by molar-refractivity contribution is -0.144. The molecule has 0 fully saturated rings. The second-order valence-corrected chi connectivity index (χ2v) is 7.17. The molecule has 8 nitrogen and oxygen atoms in total. The quantitative estimate of drug-likeness (QED) is 0.142. The zero-order chi connectivity index (χ0) is 24.9. The van der Waals surface area contributed by atoms with Gasteiger partial charge in [0.15, 0.2) is 13.6 Å². The van der Waals surface area contributed by atoms with Crippen molar-refractivity contribution in [1.82, 2.24) is 0 Å². The minimum atomic E-state index is -0.743. The molecule has 0 aromatic heterocycles. The monoisotopic (exact) mass is 472 g/mol. The molecule has 0 amide bonds. The Morgan fingerprint density at radius 2 is 1.41 bits per heavy atom. The molecule has 0 spiro atoms. The van der Waals surface area contributed by atoms with Gasteiger partial charge in [0.1, 0.15) is 17.1 Å². The molecule has 2 aromatic rings. The average Bonchev–Trinajstić information content (AvgIpc) is 2.87. The van der Waals surface area contributed by atoms with E-state index in [1.54, 1.807) is 14.2 Å². The van der Waals surface area contributed by atoms with Crippen LogP contribution in [0.1, 0.15) is 24.5 Å². The van der Waals surface area contributed by atoms with Crippen LogP contribution in [0.2, 0.25) is 0 Å². The van der Waals surface area contributed by atoms with Crippen LogP contribution in [0.25, 0.3) is 11.1 Å². The topological polar surface area (TPSA) is 89.5 Å². The van der Waals surface area contributed by atoms with E-state index in [0.717, 1.165) is 22.3 Å². The van der Waals surface area contributed by atoms with Crippen molar-refractivity contribution in [2.75, 3.05) is 42.0 Å². The molecule has 0 bridgehead atoms. The molecule has 0 N–H and O–H groups in total. The molecule has 2 aromatic carbocycles. The number of esters is 2. The Balaban J connectivity index is 2.64. The average molecular weight is 473 g/mol. The predicted molar refractivity (Wildman–Crippen MR) is 127 cm³/mol. The van der Waals surface area contributed by atoms with E-state index in [1.807, 2.05) is 43.3 Å². The van der Waals surface area contributed by atoms with Gasteiger partial charge in [0.25, 0.3) is 0 Å². The highest BCUT2D eigenvalue weighted by molar-refractivity contribution is 6.13. The standard InChI is InChI=1S/C26H32O8/c1-6-19-20(13-10-14-21(25(27)31-4)26(28)32-5)24(18-11-8-7-9-12-18)23(34-17-30-3)15-22(19)33-16-29-2/h7-9,11-12,14-15H,6,10,13,16-17H2,1-5H3. The lowest BCUT2D eigenvalue weighted by atomic mass is 9.89. The molecule has 0 heterocycles. The van der Waals surface area contributed by atoms with Crippen LogP contribution < -0.4 is 9.47 Å². The van der Waals surface area contributed by atoms with Gasteiger partial charge in [-0.3, -0.25) is 0 Å². The number of hydrogen-bond acceptors (Lipinski definition) is 8. The number of carbonyl (C=O) groups excluding carboxylic acids is 2. The number of carbonyl (C=O) groups is 2. The molecule has 0 aliphatic rings. The van der Waals surface area contributed by atoms with Gasteiger partial charge in [0.05, 0.1) is 14.2 Å². The first-order chi connectivity index (χ1) is 16.5. The second-order valence-electron chi connectivity index (χ2n) is 7.17. The van der Waals surface area contributed by atoms with Crippen LogP contribution in [-0.2, 0) is 41.4 Å². The van der Waals surface area contributed by atoms with E-state index in [4.69, 9.17) is 28.4 Å². The minimum absolute atomic E-state index is 0.0587. The lowest BCUT2D eigenvalue weighted by Crippen LogP contribution is -2.16. The van der Waals surface area contributed by atoms with Gasteiger partial charge < -0.3 is 28.4 Å². The zero-order valence-corrected chi connectivity index (χ0v) is 20.3. The molecule has 34 heavy (non-hydrogen) atoms. The number of benzene rings is 2. The summed E-state index contributed by atoms with van der Waals surface area (Å²) in [6.07, 6.45) is 3.09. The van der Waals surface area contributed by atoms with Crippen molar-refractivity contribution < 1.29 is 38.0 Å². The predicted octanol–water partition coefficient (Wildman–Crippen LogP) is 4.09. The third kappa shape index (κ3) is 6.82. The van der Waals surface area contributed by atoms with E-state index < -0.39 is 11.9 Å². The Morgan fingerprint density at radius 3 is 1.94 bits per heavy atom. The van der Waals surface area contributed by atoms with E-state index in [1.165, 1.54) is 20.3 Å². The van der Waals surface area contributed by atoms with Crippen molar-refractivity contribution in [2.45, 2.75) is 26.2 Å². The van der Waals surface area contributed by atoms with Crippen molar-refractivity contribution >= 4 is 11.9 Å². The molecule has 2 rings (SSSR count). The molecular weight excluding hydrogens is 440 g/mol. The van der Waals surface area contributed by atoms with Crippen molar-refractivity contribution in [3.8, 4) is 22.6 Å². The van der Waals surface area contributed by atoms with E-state index in [2.05, 4.69) is 0 Å². The highest BCUT2D eigenvalue weighted by atomic mass is 16.7. The fourth-order valence-electron chi connectivity index (χ4n) is 3.63. The van der Waals surface area contributed by atoms with Gasteiger partial charge in [0.2, 0.25) is 0 Å². The Kier molecular flexibility index (Phi) is 11.1. The Bertz CT molecular complexity index is 964. The van der Waals surface area contributed by atoms with Crippen LogP contribution in [0.3, 0.4) is 0 Å². The second kappa shape index (κ2) is 14.0. The summed E-state index contributed by atoms with van der Waals surface area (Å²) in [5, 5.41) is 0. The molecule has 0 saturated heterocycles. The van der Waals surface area contributed by atoms with E-state index in [9.17, 15) is 9.59 Å². The molecule has 0 aliphatic carbocycles. The van der Waals surface area contributed by atoms with Crippen molar-refractivity contribution in [3.05, 3.63) is 59.2 Å². The summed E-state index contributed by atoms with van der Waals surface area (Å²) in [5.74, 6) is -0.258. The fraction of sp³-hybridized carbons (Fsp3) is 0.385. The number of allylic oxidation sites excluding steroid dienone is 1. The van der Waals surface area contributed by atoms with Gasteiger partial charge in [0, 0.05) is 25.8 Å². The Morgan fingerprint density at radius 1 is 0.824 bits per heavy atom. The third-order valence-corrected chi connectivity index (χ3v) is 5.11. The largest absolute Gasteiger partial charge is 0.467 e. The van der Waals surface area contributed by atoms with Crippen molar-refractivity contribution in [2.24, 2.45) is 0 Å². The third-order valence-electron chi connectivity index (χ3n) is 5.11. The van der Waals surface area contributed by atoms with Crippen LogP contribution >= 0.6 is 0 Å². The maximum Gasteiger partial charge on any atom is 0.344 e. The first-order valence-corrected chi connectivity index (χ1v) is 10.9. The van der Waals surface area contributed by atoms with Crippen LogP contribution in [0.15, 0.2) is 48.0 Å². The summed E-state index contributed by atoms with van der Waals surface area (Å²) in [5.41, 5.74) is 3.66. The Labute approximate surface area is 200 Å². The van der Waals surface area contributed by atoms with Gasteiger partial charge in [-0.2, -0.15) is 0 Å². The maximum absolute atomic E-state index is 12.1. The SMILES string of the molecule is CCc1c(OCOC)cc(OCOC)c(-c2ccccc2)c1CCC=C(C(=O)OC)C(=O)OC. The zero-order valence-electron chi connectivity index (χ0n) is 20.3. The van der Waals surface area contributed by atoms with Gasteiger partial charge in [-0.05, 0) is 36.0 Å². The molecular formula is C26H32O8. The van der Waals surface area contributed by atoms with E-state index in [0.29, 0.717) is 30.8 Å². The van der Waals surface area contributed by atoms with Gasteiger partial charge in [-0.15, -0.1) is 0 Å². The van der Waals surface area contributed by atoms with Crippen LogP contribution in [0, 0.1) is 0 Å². The summed E-state index contributed by atoms with van der Waals surface area (Å²) in [6.45, 7) is 2.17. The highest BCUT2D eigenvalue weighted by Gasteiger charge is 2.22. The summed E-state index contributed by atoms with van der Waals surface area (Å²) < 4.78 is 31.5. The molecule has 184 valence electrons. The molecule has 0 radical (unpaired) electrons. The normalized spacial score (nSPS) is 10.4. The fourth-order valence-corrected chi connectivity index (χ4v) is 3.63. The Hall–Kier alpha value is -3.36. The maximum atomic E-state index is 12.1. The van der Waals surface area contributed by atoms with Gasteiger partial charge >= 0.3 is 11.9 Å². The first kappa shape index (κ1) is 26.9. The van der Waals surface area contributed by atoms with Crippen LogP contribution in [0.5, 0.6) is 11.5 Å². The van der Waals surface area contributed by atoms with E-state index >= 15 is 0 Å². The number of rotatable bonds is 13. The summed E-state index contributed by atoms with van der Waals surface area (Å²) in [7, 11) is 5.55. The molecule has 0 atom stereocenters. The molecule has 0 aliphatic heterocycles. The van der Waals surface area contributed by atoms with Gasteiger partial charge in [-0.1, -0.05) is 43.3 Å². The van der Waals surface area contributed by atoms with Crippen molar-refractivity contribution in [1.29, 1.82) is 0 Å². The number of hydrogen-bond donors (Lipinski definition) is 0. The minimum Gasteiger partial charge on any atom is -0.467 e. The molecule has 0 saturated carbocycles. The van der Waals surface area contributed by atoms with E-state index in [-0.39, 0.29) is 19.2 Å². The van der Waals surface area contributed by atoms with Crippen LogP contribution in [-0.4, -0.2) is 54.0 Å². The number of methoxy groups -OCH3 is 4. The van der Waals surface area contributed by atoms with Gasteiger partial charge in [-0.25, -0.2) is 9.59 Å². The summed E-state index contributed by atoms with van der Waals surface area (Å²) in [4.78, 5) is 24.1. The summed E-state index contributed by atoms with van der Waals surface area (Å²) in [6, 6.07) is 11.7. The highest BCUT2D eigenvalue weighted by Crippen LogP contribution is 2.41. The van der Waals surface area contributed by atoms with Crippen molar-refractivity contribution in [3.63, 3.8) is 0 Å². The molecule has 0 unspecified atom stereocenters. The lowest BCUT2D eigenvalue weighted by Gasteiger charge is -2.22. The smallest absolute Gasteiger partial charge is 0.344 e. The first-order valence-electron chi connectivity index (χ1n) is 10.9. The van der Waals surface area contributed by atoms with Crippen LogP contribution in [0.4, 0.5) is 0 Å².